The molecule has 5 heteroatoms. The molecule has 0 saturated carbocycles. The Hall–Kier alpha value is -0.940. The molecule has 2 heterocycles. The van der Waals surface area contributed by atoms with Gasteiger partial charge in [0.1, 0.15) is 12.2 Å². The van der Waals surface area contributed by atoms with Crippen molar-refractivity contribution in [1.29, 1.82) is 0 Å². The second-order valence-corrected chi connectivity index (χ2v) is 4.92. The van der Waals surface area contributed by atoms with Crippen molar-refractivity contribution >= 4 is 0 Å². The van der Waals surface area contributed by atoms with E-state index in [2.05, 4.69) is 34.1 Å². The van der Waals surface area contributed by atoms with Crippen LogP contribution in [-0.4, -0.2) is 45.3 Å². The van der Waals surface area contributed by atoms with Crippen LogP contribution in [0.5, 0.6) is 0 Å². The van der Waals surface area contributed by atoms with Crippen LogP contribution in [0.3, 0.4) is 0 Å². The van der Waals surface area contributed by atoms with Crippen LogP contribution in [0, 0.1) is 0 Å². The second-order valence-electron chi connectivity index (χ2n) is 4.92. The average molecular weight is 251 g/mol. The standard InChI is InChI=1S/C13H25N5/c1-3-14-9-12-7-5-6-8-17(12)10-13-15-11-16-18(13)4-2/h11-12,14H,3-10H2,1-2H3. The fourth-order valence-electron chi connectivity index (χ4n) is 2.67. The van der Waals surface area contributed by atoms with Gasteiger partial charge in [-0.05, 0) is 32.9 Å². The monoisotopic (exact) mass is 251 g/mol. The number of piperidine rings is 1. The summed E-state index contributed by atoms with van der Waals surface area (Å²) >= 11 is 0. The van der Waals surface area contributed by atoms with Crippen molar-refractivity contribution in [3.05, 3.63) is 12.2 Å². The highest BCUT2D eigenvalue weighted by Crippen LogP contribution is 2.18. The number of nitrogens with zero attached hydrogens (tertiary/aromatic N) is 4. The van der Waals surface area contributed by atoms with Gasteiger partial charge in [-0.2, -0.15) is 5.10 Å². The van der Waals surface area contributed by atoms with Gasteiger partial charge >= 0.3 is 0 Å². The van der Waals surface area contributed by atoms with E-state index in [0.717, 1.165) is 32.0 Å². The van der Waals surface area contributed by atoms with E-state index >= 15 is 0 Å². The fraction of sp³-hybridized carbons (Fsp3) is 0.846. The summed E-state index contributed by atoms with van der Waals surface area (Å²) in [5.41, 5.74) is 0. The molecule has 2 rings (SSSR count). The summed E-state index contributed by atoms with van der Waals surface area (Å²) < 4.78 is 2.00. The van der Waals surface area contributed by atoms with E-state index in [-0.39, 0.29) is 0 Å². The molecule has 1 aliphatic heterocycles. The van der Waals surface area contributed by atoms with E-state index in [9.17, 15) is 0 Å². The number of aromatic nitrogens is 3. The predicted octanol–water partition coefficient (Wildman–Crippen LogP) is 1.26. The minimum atomic E-state index is 0.653. The largest absolute Gasteiger partial charge is 0.315 e. The Bertz CT molecular complexity index is 349. The summed E-state index contributed by atoms with van der Waals surface area (Å²) in [5, 5.41) is 7.72. The number of likely N-dealkylation sites (tertiary alicyclic amines) is 1. The Balaban J connectivity index is 1.96. The van der Waals surface area contributed by atoms with Crippen molar-refractivity contribution in [3.8, 4) is 0 Å². The third-order valence-corrected chi connectivity index (χ3v) is 3.72. The summed E-state index contributed by atoms with van der Waals surface area (Å²) in [7, 11) is 0. The Morgan fingerprint density at radius 2 is 2.28 bits per heavy atom. The highest BCUT2D eigenvalue weighted by molar-refractivity contribution is 4.88. The zero-order chi connectivity index (χ0) is 12.8. The molecule has 1 aliphatic rings. The van der Waals surface area contributed by atoms with Gasteiger partial charge in [0.15, 0.2) is 0 Å². The van der Waals surface area contributed by atoms with Crippen molar-refractivity contribution in [1.82, 2.24) is 25.0 Å². The van der Waals surface area contributed by atoms with E-state index in [1.54, 1.807) is 6.33 Å². The van der Waals surface area contributed by atoms with E-state index in [0.29, 0.717) is 6.04 Å². The molecule has 0 aliphatic carbocycles. The van der Waals surface area contributed by atoms with Crippen molar-refractivity contribution in [2.75, 3.05) is 19.6 Å². The number of hydrogen-bond acceptors (Lipinski definition) is 4. The molecule has 1 aromatic rings. The molecule has 0 bridgehead atoms. The molecule has 0 amide bonds. The van der Waals surface area contributed by atoms with Gasteiger partial charge in [-0.25, -0.2) is 9.67 Å². The van der Waals surface area contributed by atoms with Gasteiger partial charge < -0.3 is 5.32 Å². The summed E-state index contributed by atoms with van der Waals surface area (Å²) in [4.78, 5) is 6.94. The summed E-state index contributed by atoms with van der Waals surface area (Å²) in [6, 6.07) is 0.653. The van der Waals surface area contributed by atoms with Crippen LogP contribution in [0.15, 0.2) is 6.33 Å². The minimum Gasteiger partial charge on any atom is -0.315 e. The molecule has 5 nitrogen and oxygen atoms in total. The molecule has 18 heavy (non-hydrogen) atoms. The maximum Gasteiger partial charge on any atom is 0.141 e. The molecular formula is C13H25N5. The Morgan fingerprint density at radius 3 is 3.06 bits per heavy atom. The molecular weight excluding hydrogens is 226 g/mol. The highest BCUT2D eigenvalue weighted by Gasteiger charge is 2.23. The molecule has 1 atom stereocenters. The lowest BCUT2D eigenvalue weighted by Gasteiger charge is -2.35. The first-order valence-electron chi connectivity index (χ1n) is 7.16. The Labute approximate surface area is 110 Å². The molecule has 1 unspecified atom stereocenters. The van der Waals surface area contributed by atoms with Crippen molar-refractivity contribution in [2.45, 2.75) is 52.2 Å². The number of rotatable bonds is 6. The summed E-state index contributed by atoms with van der Waals surface area (Å²) in [6.45, 7) is 9.45. The van der Waals surface area contributed by atoms with Gasteiger partial charge in [0.25, 0.3) is 0 Å². The van der Waals surface area contributed by atoms with Crippen LogP contribution in [0.25, 0.3) is 0 Å². The number of likely N-dealkylation sites (N-methyl/N-ethyl adjacent to an activating group) is 1. The number of aryl methyl sites for hydroxylation is 1. The maximum absolute atomic E-state index is 4.39. The maximum atomic E-state index is 4.39. The molecule has 1 fully saturated rings. The van der Waals surface area contributed by atoms with Gasteiger partial charge in [-0.1, -0.05) is 13.3 Å². The number of nitrogens with one attached hydrogen (secondary N) is 1. The molecule has 1 aromatic heterocycles. The average Bonchev–Trinajstić information content (AvgIpc) is 2.85. The van der Waals surface area contributed by atoms with E-state index in [1.807, 2.05) is 4.68 Å². The quantitative estimate of drug-likeness (QED) is 0.827. The highest BCUT2D eigenvalue weighted by atomic mass is 15.3. The van der Waals surface area contributed by atoms with Gasteiger partial charge in [-0.3, -0.25) is 4.90 Å². The lowest BCUT2D eigenvalue weighted by molar-refractivity contribution is 0.132. The molecule has 0 spiro atoms. The topological polar surface area (TPSA) is 46.0 Å². The first-order chi connectivity index (χ1) is 8.85. The van der Waals surface area contributed by atoms with Crippen molar-refractivity contribution in [3.63, 3.8) is 0 Å². The Morgan fingerprint density at radius 1 is 1.39 bits per heavy atom. The normalized spacial score (nSPS) is 21.3. The fourth-order valence-corrected chi connectivity index (χ4v) is 2.67. The molecule has 0 radical (unpaired) electrons. The van der Waals surface area contributed by atoms with Crippen LogP contribution in [-0.2, 0) is 13.1 Å². The zero-order valence-corrected chi connectivity index (χ0v) is 11.6. The molecule has 102 valence electrons. The predicted molar refractivity (Wildman–Crippen MR) is 72.3 cm³/mol. The smallest absolute Gasteiger partial charge is 0.141 e. The third kappa shape index (κ3) is 3.29. The van der Waals surface area contributed by atoms with Crippen LogP contribution >= 0.6 is 0 Å². The SMILES string of the molecule is CCNCC1CCCCN1Cc1ncnn1CC. The second kappa shape index (κ2) is 6.85. The van der Waals surface area contributed by atoms with Gasteiger partial charge in [0.05, 0.1) is 6.54 Å². The van der Waals surface area contributed by atoms with Crippen LogP contribution < -0.4 is 5.32 Å². The van der Waals surface area contributed by atoms with Gasteiger partial charge in [0, 0.05) is 19.1 Å². The Kier molecular flexibility index (Phi) is 5.13. The lowest BCUT2D eigenvalue weighted by atomic mass is 10.0. The molecule has 1 saturated heterocycles. The third-order valence-electron chi connectivity index (χ3n) is 3.72. The van der Waals surface area contributed by atoms with E-state index in [1.165, 1.54) is 25.8 Å². The van der Waals surface area contributed by atoms with Gasteiger partial charge in [-0.15, -0.1) is 0 Å². The van der Waals surface area contributed by atoms with Crippen molar-refractivity contribution in [2.24, 2.45) is 0 Å². The first-order valence-corrected chi connectivity index (χ1v) is 7.16. The number of hydrogen-bond donors (Lipinski definition) is 1. The lowest BCUT2D eigenvalue weighted by Crippen LogP contribution is -2.45. The van der Waals surface area contributed by atoms with Crippen LogP contribution in [0.4, 0.5) is 0 Å². The summed E-state index contributed by atoms with van der Waals surface area (Å²) in [6.07, 6.45) is 5.63. The van der Waals surface area contributed by atoms with E-state index in [4.69, 9.17) is 0 Å². The van der Waals surface area contributed by atoms with Crippen LogP contribution in [0.2, 0.25) is 0 Å². The minimum absolute atomic E-state index is 0.653. The summed E-state index contributed by atoms with van der Waals surface area (Å²) in [5.74, 6) is 1.10. The van der Waals surface area contributed by atoms with Crippen molar-refractivity contribution < 1.29 is 0 Å². The van der Waals surface area contributed by atoms with Gasteiger partial charge in [0.2, 0.25) is 0 Å². The van der Waals surface area contributed by atoms with Crippen LogP contribution in [0.1, 0.15) is 38.9 Å². The zero-order valence-electron chi connectivity index (χ0n) is 11.6. The molecule has 1 N–H and O–H groups in total. The first kappa shape index (κ1) is 13.5. The van der Waals surface area contributed by atoms with E-state index < -0.39 is 0 Å². The molecule has 0 aromatic carbocycles.